The molecule has 0 aliphatic carbocycles. The van der Waals surface area contributed by atoms with Gasteiger partial charge in [0.15, 0.2) is 11.5 Å². The van der Waals surface area contributed by atoms with E-state index in [9.17, 15) is 18.4 Å². The molecule has 0 atom stereocenters. The largest absolute Gasteiger partial charge is 0.493 e. The van der Waals surface area contributed by atoms with Gasteiger partial charge in [-0.2, -0.15) is 8.78 Å². The number of nitrogens with one attached hydrogen (secondary N) is 1. The maximum atomic E-state index is 12.8. The van der Waals surface area contributed by atoms with Gasteiger partial charge in [0.1, 0.15) is 6.54 Å². The number of alkyl halides is 2. The number of carbonyl (C=O) groups is 2. The van der Waals surface area contributed by atoms with Crippen LogP contribution in [0.3, 0.4) is 0 Å². The number of amides is 2. The molecule has 0 bridgehead atoms. The maximum Gasteiger partial charge on any atom is 0.387 e. The van der Waals surface area contributed by atoms with Crippen molar-refractivity contribution in [3.8, 4) is 11.5 Å². The Balaban J connectivity index is 1.71. The first-order chi connectivity index (χ1) is 14.8. The summed E-state index contributed by atoms with van der Waals surface area (Å²) in [5.74, 6) is -0.671. The summed E-state index contributed by atoms with van der Waals surface area (Å²) in [5, 5.41) is 1.28. The van der Waals surface area contributed by atoms with Crippen LogP contribution in [-0.4, -0.2) is 49.9 Å². The number of rotatable bonds is 7. The number of hydrogen-bond acceptors (Lipinski definition) is 6. The average molecular weight is 432 g/mol. The Bertz CT molecular complexity index is 995. The molecule has 31 heavy (non-hydrogen) atoms. The smallest absolute Gasteiger partial charge is 0.387 e. The first kappa shape index (κ1) is 22.0. The Hall–Kier alpha value is -3.69. The van der Waals surface area contributed by atoms with Crippen LogP contribution >= 0.6 is 0 Å². The lowest BCUT2D eigenvalue weighted by Crippen LogP contribution is -2.55. The number of likely N-dealkylation sites (N-methyl/N-ethyl adjacent to an activating group) is 1. The van der Waals surface area contributed by atoms with Gasteiger partial charge in [-0.3, -0.25) is 20.0 Å². The summed E-state index contributed by atoms with van der Waals surface area (Å²) in [6, 6.07) is 11.7. The predicted octanol–water partition coefficient (Wildman–Crippen LogP) is 2.51. The fourth-order valence-corrected chi connectivity index (χ4v) is 2.97. The number of anilines is 1. The van der Waals surface area contributed by atoms with Gasteiger partial charge in [-0.05, 0) is 36.8 Å². The molecule has 8 nitrogen and oxygen atoms in total. The van der Waals surface area contributed by atoms with Crippen LogP contribution in [0.15, 0.2) is 47.5 Å². The third-order valence-corrected chi connectivity index (χ3v) is 4.54. The van der Waals surface area contributed by atoms with E-state index in [1.807, 2.05) is 19.1 Å². The minimum absolute atomic E-state index is 0.0206. The van der Waals surface area contributed by atoms with Crippen molar-refractivity contribution in [1.82, 2.24) is 10.3 Å². The normalized spacial score (nSPS) is 13.5. The van der Waals surface area contributed by atoms with Crippen molar-refractivity contribution in [2.45, 2.75) is 20.1 Å². The molecule has 0 spiro atoms. The monoisotopic (exact) mass is 432 g/mol. The van der Waals surface area contributed by atoms with Crippen molar-refractivity contribution in [1.29, 1.82) is 0 Å². The number of aliphatic imine (C=N–C) groups is 1. The Morgan fingerprint density at radius 1 is 1.23 bits per heavy atom. The molecule has 1 N–H and O–H groups in total. The molecule has 0 saturated carbocycles. The summed E-state index contributed by atoms with van der Waals surface area (Å²) in [4.78, 5) is 30.5. The zero-order valence-corrected chi connectivity index (χ0v) is 17.3. The first-order valence-electron chi connectivity index (χ1n) is 9.36. The number of methoxy groups -OCH3 is 1. The molecule has 3 rings (SSSR count). The highest BCUT2D eigenvalue weighted by Crippen LogP contribution is 2.29. The number of nitrogens with zero attached hydrogens (tertiary/aromatic N) is 3. The van der Waals surface area contributed by atoms with Crippen molar-refractivity contribution in [2.75, 3.05) is 25.7 Å². The van der Waals surface area contributed by atoms with Crippen molar-refractivity contribution in [3.05, 3.63) is 53.6 Å². The van der Waals surface area contributed by atoms with E-state index in [0.29, 0.717) is 11.3 Å². The third kappa shape index (κ3) is 5.27. The Morgan fingerprint density at radius 2 is 1.94 bits per heavy atom. The quantitative estimate of drug-likeness (QED) is 0.727. The number of ether oxygens (including phenoxy) is 2. The molecule has 2 amide bonds. The van der Waals surface area contributed by atoms with Crippen LogP contribution in [-0.2, 0) is 16.1 Å². The third-order valence-electron chi connectivity index (χ3n) is 4.54. The first-order valence-corrected chi connectivity index (χ1v) is 9.36. The Kier molecular flexibility index (Phi) is 6.68. The van der Waals surface area contributed by atoms with Gasteiger partial charge in [0.2, 0.25) is 5.84 Å². The van der Waals surface area contributed by atoms with Crippen LogP contribution < -0.4 is 19.9 Å². The zero-order valence-electron chi connectivity index (χ0n) is 17.3. The standard InChI is InChI=1S/C21H22F2N4O4/c1-13-4-7-15(8-5-13)27-18(28)11-24-19(25-27)20(29)26(2)12-14-6-9-16(31-21(22)23)17(10-14)30-3/h4-10,21H,11-12H2,1-3H3,(H,24,25). The molecule has 2 aromatic carbocycles. The Labute approximate surface area is 178 Å². The highest BCUT2D eigenvalue weighted by atomic mass is 19.3. The van der Waals surface area contributed by atoms with Crippen LogP contribution in [0.25, 0.3) is 0 Å². The van der Waals surface area contributed by atoms with E-state index in [-0.39, 0.29) is 36.3 Å². The molecule has 0 unspecified atom stereocenters. The average Bonchev–Trinajstić information content (AvgIpc) is 2.75. The summed E-state index contributed by atoms with van der Waals surface area (Å²) >= 11 is 0. The molecule has 0 aromatic heterocycles. The molecule has 1 aliphatic heterocycles. The van der Waals surface area contributed by atoms with E-state index in [1.54, 1.807) is 25.2 Å². The maximum absolute atomic E-state index is 12.8. The molecular weight excluding hydrogens is 410 g/mol. The van der Waals surface area contributed by atoms with E-state index in [2.05, 4.69) is 15.2 Å². The van der Waals surface area contributed by atoms with E-state index >= 15 is 0 Å². The summed E-state index contributed by atoms with van der Waals surface area (Å²) < 4.78 is 34.5. The van der Waals surface area contributed by atoms with Crippen molar-refractivity contribution in [3.63, 3.8) is 0 Å². The second kappa shape index (κ2) is 9.41. The number of aryl methyl sites for hydroxylation is 1. The molecule has 1 heterocycles. The molecule has 10 heteroatoms. The molecule has 0 radical (unpaired) electrons. The van der Waals surface area contributed by atoms with Gasteiger partial charge in [-0.1, -0.05) is 23.8 Å². The Morgan fingerprint density at radius 3 is 2.58 bits per heavy atom. The lowest BCUT2D eigenvalue weighted by Gasteiger charge is -2.29. The van der Waals surface area contributed by atoms with Gasteiger partial charge in [-0.15, -0.1) is 0 Å². The number of halogens is 2. The second-order valence-corrected chi connectivity index (χ2v) is 6.87. The minimum atomic E-state index is -2.97. The van der Waals surface area contributed by atoms with Gasteiger partial charge in [0, 0.05) is 13.6 Å². The summed E-state index contributed by atoms with van der Waals surface area (Å²) in [5.41, 5.74) is 5.04. The summed E-state index contributed by atoms with van der Waals surface area (Å²) in [6.07, 6.45) is 0. The molecule has 0 saturated heterocycles. The van der Waals surface area contributed by atoms with Crippen LogP contribution in [0.2, 0.25) is 0 Å². The fourth-order valence-electron chi connectivity index (χ4n) is 2.97. The fraction of sp³-hybridized carbons (Fsp3) is 0.286. The van der Waals surface area contributed by atoms with Crippen LogP contribution in [0, 0.1) is 6.92 Å². The van der Waals surface area contributed by atoms with Crippen LogP contribution in [0.4, 0.5) is 14.5 Å². The van der Waals surface area contributed by atoms with E-state index in [1.165, 1.54) is 29.2 Å². The van der Waals surface area contributed by atoms with Crippen LogP contribution in [0.5, 0.6) is 11.5 Å². The predicted molar refractivity (Wildman–Crippen MR) is 110 cm³/mol. The molecule has 2 aromatic rings. The van der Waals surface area contributed by atoms with E-state index in [0.717, 1.165) is 5.56 Å². The highest BCUT2D eigenvalue weighted by Gasteiger charge is 2.27. The summed E-state index contributed by atoms with van der Waals surface area (Å²) in [6.45, 7) is -1.05. The molecule has 0 fully saturated rings. The van der Waals surface area contributed by atoms with Gasteiger partial charge >= 0.3 is 6.61 Å². The van der Waals surface area contributed by atoms with Gasteiger partial charge < -0.3 is 14.4 Å². The number of hydrogen-bond donors (Lipinski definition) is 1. The lowest BCUT2D eigenvalue weighted by atomic mass is 10.2. The van der Waals surface area contributed by atoms with Crippen molar-refractivity contribution < 1.29 is 27.8 Å². The second-order valence-electron chi connectivity index (χ2n) is 6.87. The lowest BCUT2D eigenvalue weighted by molar-refractivity contribution is -0.123. The molecule has 1 aliphatic rings. The highest BCUT2D eigenvalue weighted by molar-refractivity contribution is 6.39. The number of amidine groups is 1. The topological polar surface area (TPSA) is 83.5 Å². The van der Waals surface area contributed by atoms with Gasteiger partial charge in [0.05, 0.1) is 12.8 Å². The number of hydrazine groups is 1. The number of carbonyl (C=O) groups excluding carboxylic acids is 2. The van der Waals surface area contributed by atoms with Crippen molar-refractivity contribution in [2.24, 2.45) is 4.99 Å². The molecule has 164 valence electrons. The van der Waals surface area contributed by atoms with E-state index < -0.39 is 12.5 Å². The van der Waals surface area contributed by atoms with Gasteiger partial charge in [-0.25, -0.2) is 5.01 Å². The summed E-state index contributed by atoms with van der Waals surface area (Å²) in [7, 11) is 2.90. The number of benzene rings is 2. The zero-order chi connectivity index (χ0) is 22.5. The van der Waals surface area contributed by atoms with Crippen molar-refractivity contribution >= 4 is 23.3 Å². The van der Waals surface area contributed by atoms with Crippen LogP contribution in [0.1, 0.15) is 11.1 Å². The SMILES string of the molecule is COc1cc(CN(C)C(=O)C2=NCC(=O)N(c3ccc(C)cc3)N2)ccc1OC(F)F. The van der Waals surface area contributed by atoms with E-state index in [4.69, 9.17) is 4.74 Å². The molecular formula is C21H22F2N4O4. The minimum Gasteiger partial charge on any atom is -0.493 e. The van der Waals surface area contributed by atoms with Gasteiger partial charge in [0.25, 0.3) is 11.8 Å².